The van der Waals surface area contributed by atoms with Gasteiger partial charge in [0.2, 0.25) is 5.91 Å². The van der Waals surface area contributed by atoms with Crippen molar-refractivity contribution in [1.29, 1.82) is 0 Å². The molecule has 1 aromatic heterocycles. The second-order valence-electron chi connectivity index (χ2n) is 4.87. The third-order valence-corrected chi connectivity index (χ3v) is 3.30. The Labute approximate surface area is 105 Å². The molecule has 98 valence electrons. The van der Waals surface area contributed by atoms with Crippen LogP contribution in [-0.4, -0.2) is 28.1 Å². The van der Waals surface area contributed by atoms with Gasteiger partial charge in [0, 0.05) is 19.2 Å². The highest BCUT2D eigenvalue weighted by molar-refractivity contribution is 5.76. The lowest BCUT2D eigenvalue weighted by Crippen LogP contribution is -2.47. The van der Waals surface area contributed by atoms with E-state index >= 15 is 0 Å². The number of aliphatic hydroxyl groups is 1. The molecule has 1 heterocycles. The first-order chi connectivity index (χ1) is 8.57. The van der Waals surface area contributed by atoms with Crippen molar-refractivity contribution in [2.24, 2.45) is 0 Å². The fourth-order valence-electron chi connectivity index (χ4n) is 1.96. The maximum absolute atomic E-state index is 12.9. The molecule has 1 saturated carbocycles. The summed E-state index contributed by atoms with van der Waals surface area (Å²) in [5.74, 6) is -0.517. The summed E-state index contributed by atoms with van der Waals surface area (Å²) in [7, 11) is 0. The molecule has 1 aliphatic rings. The molecule has 0 aliphatic heterocycles. The largest absolute Gasteiger partial charge is 0.388 e. The molecule has 1 aromatic rings. The van der Waals surface area contributed by atoms with Crippen molar-refractivity contribution in [2.45, 2.75) is 37.7 Å². The summed E-state index contributed by atoms with van der Waals surface area (Å²) in [4.78, 5) is 15.3. The van der Waals surface area contributed by atoms with Crippen molar-refractivity contribution in [3.63, 3.8) is 0 Å². The van der Waals surface area contributed by atoms with Crippen LogP contribution in [0.1, 0.15) is 31.2 Å². The quantitative estimate of drug-likeness (QED) is 0.827. The Kier molecular flexibility index (Phi) is 3.91. The van der Waals surface area contributed by atoms with E-state index < -0.39 is 11.4 Å². The van der Waals surface area contributed by atoms with E-state index in [4.69, 9.17) is 0 Å². The summed E-state index contributed by atoms with van der Waals surface area (Å²) in [5, 5.41) is 12.5. The highest BCUT2D eigenvalue weighted by Gasteiger charge is 2.34. The zero-order valence-corrected chi connectivity index (χ0v) is 10.2. The van der Waals surface area contributed by atoms with Gasteiger partial charge in [0.1, 0.15) is 5.82 Å². The van der Waals surface area contributed by atoms with Crippen LogP contribution in [0.15, 0.2) is 18.5 Å². The molecule has 2 rings (SSSR count). The summed E-state index contributed by atoms with van der Waals surface area (Å²) in [5.41, 5.74) is 0.00305. The van der Waals surface area contributed by atoms with Gasteiger partial charge >= 0.3 is 0 Å². The molecule has 2 N–H and O–H groups in total. The maximum Gasteiger partial charge on any atom is 0.220 e. The van der Waals surface area contributed by atoms with E-state index in [2.05, 4.69) is 10.3 Å². The molecule has 0 bridgehead atoms. The molecule has 4 nitrogen and oxygen atoms in total. The summed E-state index contributed by atoms with van der Waals surface area (Å²) in [6, 6.07) is 1.37. The Morgan fingerprint density at radius 2 is 2.28 bits per heavy atom. The average molecular weight is 252 g/mol. The lowest BCUT2D eigenvalue weighted by Gasteiger charge is -2.36. The van der Waals surface area contributed by atoms with Gasteiger partial charge in [-0.25, -0.2) is 4.39 Å². The van der Waals surface area contributed by atoms with Crippen molar-refractivity contribution in [3.05, 3.63) is 29.8 Å². The third kappa shape index (κ3) is 3.50. The summed E-state index contributed by atoms with van der Waals surface area (Å²) >= 11 is 0. The van der Waals surface area contributed by atoms with Gasteiger partial charge in [-0.1, -0.05) is 0 Å². The van der Waals surface area contributed by atoms with E-state index in [1.54, 1.807) is 6.20 Å². The van der Waals surface area contributed by atoms with Crippen LogP contribution in [0.3, 0.4) is 0 Å². The highest BCUT2D eigenvalue weighted by atomic mass is 19.1. The van der Waals surface area contributed by atoms with Crippen LogP contribution in [0, 0.1) is 5.82 Å². The second kappa shape index (κ2) is 5.44. The van der Waals surface area contributed by atoms with Crippen molar-refractivity contribution >= 4 is 5.91 Å². The second-order valence-corrected chi connectivity index (χ2v) is 4.87. The average Bonchev–Trinajstić information content (AvgIpc) is 2.31. The number of nitrogens with zero attached hydrogens (tertiary/aromatic N) is 1. The van der Waals surface area contributed by atoms with Crippen LogP contribution < -0.4 is 5.32 Å². The topological polar surface area (TPSA) is 62.2 Å². The lowest BCUT2D eigenvalue weighted by atomic mass is 9.80. The predicted molar refractivity (Wildman–Crippen MR) is 64.3 cm³/mol. The van der Waals surface area contributed by atoms with Gasteiger partial charge in [-0.15, -0.1) is 0 Å². The molecule has 5 heteroatoms. The fraction of sp³-hybridized carbons (Fsp3) is 0.538. The molecule has 0 aromatic carbocycles. The van der Waals surface area contributed by atoms with E-state index in [0.29, 0.717) is 18.5 Å². The van der Waals surface area contributed by atoms with E-state index in [1.807, 2.05) is 0 Å². The number of aryl methyl sites for hydroxylation is 1. The van der Waals surface area contributed by atoms with E-state index in [9.17, 15) is 14.3 Å². The SMILES string of the molecule is O=C(CCc1cncc(F)c1)NCC1(O)CCC1. The molecule has 1 amide bonds. The van der Waals surface area contributed by atoms with E-state index in [0.717, 1.165) is 25.5 Å². The van der Waals surface area contributed by atoms with Gasteiger partial charge < -0.3 is 10.4 Å². The minimum atomic E-state index is -0.698. The van der Waals surface area contributed by atoms with Crippen LogP contribution in [0.4, 0.5) is 4.39 Å². The minimum Gasteiger partial charge on any atom is -0.388 e. The number of nitrogens with one attached hydrogen (secondary N) is 1. The fourth-order valence-corrected chi connectivity index (χ4v) is 1.96. The molecule has 0 radical (unpaired) electrons. The molecule has 0 unspecified atom stereocenters. The number of aromatic nitrogens is 1. The summed E-state index contributed by atoms with van der Waals surface area (Å²) in [6.45, 7) is 0.313. The number of pyridine rings is 1. The molecule has 1 aliphatic carbocycles. The first-order valence-electron chi connectivity index (χ1n) is 6.16. The number of carbonyl (C=O) groups excluding carboxylic acids is 1. The summed E-state index contributed by atoms with van der Waals surface area (Å²) < 4.78 is 12.9. The molecule has 1 fully saturated rings. The van der Waals surface area contributed by atoms with Gasteiger partial charge in [-0.2, -0.15) is 0 Å². The number of carbonyl (C=O) groups is 1. The van der Waals surface area contributed by atoms with Crippen LogP contribution in [-0.2, 0) is 11.2 Å². The zero-order chi connectivity index (χ0) is 13.0. The van der Waals surface area contributed by atoms with Crippen LogP contribution in [0.25, 0.3) is 0 Å². The van der Waals surface area contributed by atoms with Crippen LogP contribution in [0.5, 0.6) is 0 Å². The number of rotatable bonds is 5. The molecule has 0 spiro atoms. The van der Waals surface area contributed by atoms with Crippen LogP contribution in [0.2, 0.25) is 0 Å². The lowest BCUT2D eigenvalue weighted by molar-refractivity contribution is -0.123. The van der Waals surface area contributed by atoms with Gasteiger partial charge in [0.25, 0.3) is 0 Å². The standard InChI is InChI=1S/C13H17FN2O2/c14-11-6-10(7-15-8-11)2-3-12(17)16-9-13(18)4-1-5-13/h6-8,18H,1-5,9H2,(H,16,17). The van der Waals surface area contributed by atoms with Gasteiger partial charge in [0.15, 0.2) is 0 Å². The van der Waals surface area contributed by atoms with Gasteiger partial charge in [0.05, 0.1) is 11.8 Å². The normalized spacial score (nSPS) is 17.0. The van der Waals surface area contributed by atoms with Crippen molar-refractivity contribution in [1.82, 2.24) is 10.3 Å². The van der Waals surface area contributed by atoms with Crippen LogP contribution >= 0.6 is 0 Å². The number of hydrogen-bond donors (Lipinski definition) is 2. The van der Waals surface area contributed by atoms with Gasteiger partial charge in [-0.05, 0) is 37.3 Å². The highest BCUT2D eigenvalue weighted by Crippen LogP contribution is 2.30. The third-order valence-electron chi connectivity index (χ3n) is 3.30. The Morgan fingerprint density at radius 1 is 1.50 bits per heavy atom. The number of halogens is 1. The first-order valence-corrected chi connectivity index (χ1v) is 6.16. The Bertz CT molecular complexity index is 433. The number of hydrogen-bond acceptors (Lipinski definition) is 3. The molecular weight excluding hydrogens is 235 g/mol. The maximum atomic E-state index is 12.9. The molecule has 0 atom stereocenters. The smallest absolute Gasteiger partial charge is 0.220 e. The Morgan fingerprint density at radius 3 is 2.89 bits per heavy atom. The Hall–Kier alpha value is -1.49. The minimum absolute atomic E-state index is 0.125. The summed E-state index contributed by atoms with van der Waals surface area (Å²) in [6.07, 6.45) is 5.94. The zero-order valence-electron chi connectivity index (χ0n) is 10.2. The number of amides is 1. The van der Waals surface area contributed by atoms with Crippen molar-refractivity contribution in [3.8, 4) is 0 Å². The molecule has 0 saturated heterocycles. The Balaban J connectivity index is 1.71. The van der Waals surface area contributed by atoms with E-state index in [-0.39, 0.29) is 12.3 Å². The van der Waals surface area contributed by atoms with Crippen molar-refractivity contribution in [2.75, 3.05) is 6.54 Å². The molecular formula is C13H17FN2O2. The van der Waals surface area contributed by atoms with Gasteiger partial charge in [-0.3, -0.25) is 9.78 Å². The predicted octanol–water partition coefficient (Wildman–Crippen LogP) is 1.18. The molecule has 18 heavy (non-hydrogen) atoms. The first kappa shape index (κ1) is 13.0. The van der Waals surface area contributed by atoms with Crippen molar-refractivity contribution < 1.29 is 14.3 Å². The monoisotopic (exact) mass is 252 g/mol. The van der Waals surface area contributed by atoms with E-state index in [1.165, 1.54) is 6.07 Å².